The zero-order chi connectivity index (χ0) is 13.8. The summed E-state index contributed by atoms with van der Waals surface area (Å²) in [5.41, 5.74) is 1.36. The van der Waals surface area contributed by atoms with Crippen LogP contribution in [0.5, 0.6) is 11.5 Å². The first-order valence-corrected chi connectivity index (χ1v) is 5.99. The van der Waals surface area contributed by atoms with Gasteiger partial charge in [-0.3, -0.25) is 0 Å². The van der Waals surface area contributed by atoms with Gasteiger partial charge in [-0.05, 0) is 12.5 Å². The first-order chi connectivity index (χ1) is 9.15. The van der Waals surface area contributed by atoms with Crippen LogP contribution >= 0.6 is 0 Å². The SMILES string of the molecule is COc1ccc(C2C=CC(C(=O)O)=CC2)c(OC)c1. The molecule has 0 fully saturated rings. The molecule has 2 rings (SSSR count). The second-order valence-corrected chi connectivity index (χ2v) is 4.27. The number of carbonyl (C=O) groups is 1. The number of methoxy groups -OCH3 is 2. The third-order valence-corrected chi connectivity index (χ3v) is 3.19. The van der Waals surface area contributed by atoms with Crippen molar-refractivity contribution in [3.05, 3.63) is 47.6 Å². The topological polar surface area (TPSA) is 55.8 Å². The molecule has 0 aromatic heterocycles. The Labute approximate surface area is 112 Å². The predicted octanol–water partition coefficient (Wildman–Crippen LogP) is 2.76. The minimum absolute atomic E-state index is 0.129. The minimum atomic E-state index is -0.892. The normalized spacial score (nSPS) is 17.8. The minimum Gasteiger partial charge on any atom is -0.497 e. The summed E-state index contributed by atoms with van der Waals surface area (Å²) >= 11 is 0. The average Bonchev–Trinajstić information content (AvgIpc) is 2.46. The summed E-state index contributed by atoms with van der Waals surface area (Å²) in [4.78, 5) is 10.8. The van der Waals surface area contributed by atoms with Crippen molar-refractivity contribution in [1.29, 1.82) is 0 Å². The maximum atomic E-state index is 10.8. The zero-order valence-electron chi connectivity index (χ0n) is 10.9. The van der Waals surface area contributed by atoms with Gasteiger partial charge >= 0.3 is 5.97 Å². The highest BCUT2D eigenvalue weighted by Gasteiger charge is 2.18. The number of allylic oxidation sites excluding steroid dienone is 2. The molecule has 1 aromatic rings. The van der Waals surface area contributed by atoms with Crippen LogP contribution in [0.15, 0.2) is 42.0 Å². The number of carboxylic acid groups (broad SMARTS) is 1. The smallest absolute Gasteiger partial charge is 0.335 e. The van der Waals surface area contributed by atoms with Crippen LogP contribution in [0.25, 0.3) is 0 Å². The van der Waals surface area contributed by atoms with E-state index in [1.54, 1.807) is 26.4 Å². The lowest BCUT2D eigenvalue weighted by molar-refractivity contribution is -0.132. The maximum Gasteiger partial charge on any atom is 0.335 e. The lowest BCUT2D eigenvalue weighted by Gasteiger charge is -2.18. The largest absolute Gasteiger partial charge is 0.497 e. The Morgan fingerprint density at radius 1 is 1.32 bits per heavy atom. The number of hydrogen-bond acceptors (Lipinski definition) is 3. The van der Waals surface area contributed by atoms with Gasteiger partial charge in [0.25, 0.3) is 0 Å². The Hall–Kier alpha value is -2.23. The van der Waals surface area contributed by atoms with E-state index in [4.69, 9.17) is 14.6 Å². The van der Waals surface area contributed by atoms with Crippen LogP contribution in [0.4, 0.5) is 0 Å². The molecule has 4 heteroatoms. The summed E-state index contributed by atoms with van der Waals surface area (Å²) in [5.74, 6) is 0.726. The number of carboxylic acids is 1. The third-order valence-electron chi connectivity index (χ3n) is 3.19. The highest BCUT2D eigenvalue weighted by Crippen LogP contribution is 2.35. The molecule has 1 atom stereocenters. The summed E-state index contributed by atoms with van der Waals surface area (Å²) in [7, 11) is 3.22. The van der Waals surface area contributed by atoms with E-state index in [2.05, 4.69) is 0 Å². The molecule has 1 aliphatic rings. The Morgan fingerprint density at radius 2 is 2.11 bits per heavy atom. The molecule has 0 spiro atoms. The van der Waals surface area contributed by atoms with Gasteiger partial charge in [0.15, 0.2) is 0 Å². The fourth-order valence-corrected chi connectivity index (χ4v) is 2.13. The molecule has 1 aliphatic carbocycles. The first kappa shape index (κ1) is 13.2. The number of benzene rings is 1. The quantitative estimate of drug-likeness (QED) is 0.904. The monoisotopic (exact) mass is 260 g/mol. The lowest BCUT2D eigenvalue weighted by atomic mass is 9.89. The van der Waals surface area contributed by atoms with Gasteiger partial charge in [-0.2, -0.15) is 0 Å². The van der Waals surface area contributed by atoms with E-state index in [0.29, 0.717) is 12.0 Å². The second-order valence-electron chi connectivity index (χ2n) is 4.27. The molecule has 1 aromatic carbocycles. The number of rotatable bonds is 4. The standard InChI is InChI=1S/C15H16O4/c1-18-12-7-8-13(14(9-12)19-2)10-3-5-11(6-4-10)15(16)17/h3,5-10H,4H2,1-2H3,(H,16,17). The Morgan fingerprint density at radius 3 is 2.63 bits per heavy atom. The molecule has 100 valence electrons. The van der Waals surface area contributed by atoms with Gasteiger partial charge in [0.05, 0.1) is 19.8 Å². The van der Waals surface area contributed by atoms with E-state index >= 15 is 0 Å². The van der Waals surface area contributed by atoms with Crippen LogP contribution < -0.4 is 9.47 Å². The van der Waals surface area contributed by atoms with Gasteiger partial charge in [0.1, 0.15) is 11.5 Å². The van der Waals surface area contributed by atoms with Crippen LogP contribution in [0, 0.1) is 0 Å². The Balaban J connectivity index is 2.25. The molecule has 1 unspecified atom stereocenters. The molecule has 0 saturated carbocycles. The highest BCUT2D eigenvalue weighted by molar-refractivity contribution is 5.90. The van der Waals surface area contributed by atoms with E-state index in [1.165, 1.54) is 0 Å². The summed E-state index contributed by atoms with van der Waals surface area (Å²) in [6.45, 7) is 0. The van der Waals surface area contributed by atoms with Crippen molar-refractivity contribution in [3.8, 4) is 11.5 Å². The molecule has 0 radical (unpaired) electrons. The summed E-state index contributed by atoms with van der Waals surface area (Å²) in [6.07, 6.45) is 5.92. The van der Waals surface area contributed by atoms with Crippen molar-refractivity contribution >= 4 is 5.97 Å². The van der Waals surface area contributed by atoms with Gasteiger partial charge < -0.3 is 14.6 Å². The maximum absolute atomic E-state index is 10.8. The van der Waals surface area contributed by atoms with Crippen molar-refractivity contribution in [1.82, 2.24) is 0 Å². The molecule has 19 heavy (non-hydrogen) atoms. The second kappa shape index (κ2) is 5.61. The van der Waals surface area contributed by atoms with E-state index in [0.717, 1.165) is 17.1 Å². The Bertz CT molecular complexity index is 543. The van der Waals surface area contributed by atoms with Crippen LogP contribution in [0.1, 0.15) is 17.9 Å². The number of ether oxygens (including phenoxy) is 2. The predicted molar refractivity (Wildman–Crippen MR) is 71.8 cm³/mol. The van der Waals surface area contributed by atoms with Gasteiger partial charge in [-0.1, -0.05) is 24.3 Å². The molecule has 0 bridgehead atoms. The molecule has 0 aliphatic heterocycles. The van der Waals surface area contributed by atoms with Crippen LogP contribution in [0.3, 0.4) is 0 Å². The summed E-state index contributed by atoms with van der Waals surface area (Å²) in [6, 6.07) is 5.66. The van der Waals surface area contributed by atoms with E-state index in [9.17, 15) is 4.79 Å². The Kier molecular flexibility index (Phi) is 3.90. The lowest BCUT2D eigenvalue weighted by Crippen LogP contribution is -2.06. The highest BCUT2D eigenvalue weighted by atomic mass is 16.5. The van der Waals surface area contributed by atoms with Crippen LogP contribution in [-0.4, -0.2) is 25.3 Å². The fraction of sp³-hybridized carbons (Fsp3) is 0.267. The van der Waals surface area contributed by atoms with Crippen molar-refractivity contribution in [2.45, 2.75) is 12.3 Å². The molecule has 0 heterocycles. The van der Waals surface area contributed by atoms with E-state index in [1.807, 2.05) is 24.3 Å². The third kappa shape index (κ3) is 2.78. The van der Waals surface area contributed by atoms with Gasteiger partial charge in [-0.25, -0.2) is 4.79 Å². The number of aliphatic carboxylic acids is 1. The molecule has 1 N–H and O–H groups in total. The van der Waals surface area contributed by atoms with Crippen molar-refractivity contribution in [2.75, 3.05) is 14.2 Å². The van der Waals surface area contributed by atoms with Crippen molar-refractivity contribution < 1.29 is 19.4 Å². The molecule has 0 saturated heterocycles. The molecule has 4 nitrogen and oxygen atoms in total. The van der Waals surface area contributed by atoms with Crippen molar-refractivity contribution in [2.24, 2.45) is 0 Å². The van der Waals surface area contributed by atoms with Gasteiger partial charge in [0.2, 0.25) is 0 Å². The fourth-order valence-electron chi connectivity index (χ4n) is 2.13. The number of hydrogen-bond donors (Lipinski definition) is 1. The molecule has 0 amide bonds. The van der Waals surface area contributed by atoms with Crippen molar-refractivity contribution in [3.63, 3.8) is 0 Å². The summed E-state index contributed by atoms with van der Waals surface area (Å²) < 4.78 is 10.5. The van der Waals surface area contributed by atoms with Crippen LogP contribution in [-0.2, 0) is 4.79 Å². The molecular weight excluding hydrogens is 244 g/mol. The average molecular weight is 260 g/mol. The summed E-state index contributed by atoms with van der Waals surface area (Å²) in [5, 5.41) is 8.90. The van der Waals surface area contributed by atoms with E-state index < -0.39 is 5.97 Å². The van der Waals surface area contributed by atoms with Gasteiger partial charge in [-0.15, -0.1) is 0 Å². The zero-order valence-corrected chi connectivity index (χ0v) is 10.9. The molecular formula is C15H16O4. The van der Waals surface area contributed by atoms with Crippen LogP contribution in [0.2, 0.25) is 0 Å². The van der Waals surface area contributed by atoms with Gasteiger partial charge in [0, 0.05) is 17.5 Å². The first-order valence-electron chi connectivity index (χ1n) is 5.99. The van der Waals surface area contributed by atoms with E-state index in [-0.39, 0.29) is 5.92 Å².